The predicted octanol–water partition coefficient (Wildman–Crippen LogP) is -0.0459. The summed E-state index contributed by atoms with van der Waals surface area (Å²) < 4.78 is 6.66. The fourth-order valence-electron chi connectivity index (χ4n) is 0.546. The van der Waals surface area contributed by atoms with E-state index in [4.69, 9.17) is 1.41 Å². The van der Waals surface area contributed by atoms with Gasteiger partial charge in [-0.15, -0.1) is 0 Å². The van der Waals surface area contributed by atoms with Crippen molar-refractivity contribution in [3.63, 3.8) is 0 Å². The molecule has 0 aliphatic carbocycles. The fourth-order valence-corrected chi connectivity index (χ4v) is 4.84. The van der Waals surface area contributed by atoms with E-state index in [0.29, 0.717) is 0 Å². The van der Waals surface area contributed by atoms with Gasteiger partial charge >= 0.3 is 76.5 Å². The summed E-state index contributed by atoms with van der Waals surface area (Å²) in [5.41, 5.74) is 0. The van der Waals surface area contributed by atoms with Crippen LogP contribution in [0, 0.1) is 0 Å². The van der Waals surface area contributed by atoms with E-state index in [1.807, 2.05) is 0 Å². The van der Waals surface area contributed by atoms with E-state index in [0.717, 1.165) is 22.9 Å². The van der Waals surface area contributed by atoms with E-state index < -0.39 is 21.6 Å². The Morgan fingerprint density at radius 2 is 2.11 bits per heavy atom. The van der Waals surface area contributed by atoms with Crippen LogP contribution < -0.4 is 0 Å². The molecule has 0 heterocycles. The molecule has 9 heavy (non-hydrogen) atoms. The molecule has 0 fully saturated rings. The summed E-state index contributed by atoms with van der Waals surface area (Å²) in [6.45, 7) is 2.24. The summed E-state index contributed by atoms with van der Waals surface area (Å²) in [6.07, 6.45) is 4.19. The molecular formula is C5H15O2Sn2. The summed E-state index contributed by atoms with van der Waals surface area (Å²) in [4.78, 5) is 0. The average molecular weight is 345 g/mol. The SMILES string of the molecule is CCCC[CH2][SnH][O][SnH].O. The van der Waals surface area contributed by atoms with Gasteiger partial charge in [-0.3, -0.25) is 0 Å². The van der Waals surface area contributed by atoms with Crippen LogP contribution in [0.4, 0.5) is 0 Å². The largest absolute Gasteiger partial charge is 0.412 e. The third-order valence-electron chi connectivity index (χ3n) is 1.02. The zero-order chi connectivity index (χ0) is 6.24. The van der Waals surface area contributed by atoms with Crippen molar-refractivity contribution in [2.24, 2.45) is 0 Å². The van der Waals surface area contributed by atoms with Gasteiger partial charge in [-0.05, 0) is 0 Å². The summed E-state index contributed by atoms with van der Waals surface area (Å²) in [7, 11) is 0. The Balaban J connectivity index is 0. The Bertz CT molecular complexity index is 37.9. The number of hydrogen-bond donors (Lipinski definition) is 0. The molecule has 0 aromatic heterocycles. The normalized spacial score (nSPS) is 8.67. The zero-order valence-corrected chi connectivity index (χ0v) is 12.5. The molecule has 4 heteroatoms. The quantitative estimate of drug-likeness (QED) is 0.509. The minimum atomic E-state index is -0.420. The maximum absolute atomic E-state index is 5.21. The monoisotopic (exact) mass is 347 g/mol. The van der Waals surface area contributed by atoms with Gasteiger partial charge in [-0.25, -0.2) is 0 Å². The van der Waals surface area contributed by atoms with Gasteiger partial charge in [0.15, 0.2) is 0 Å². The van der Waals surface area contributed by atoms with Crippen LogP contribution in [-0.4, -0.2) is 50.0 Å². The van der Waals surface area contributed by atoms with Crippen LogP contribution >= 0.6 is 0 Å². The third kappa shape index (κ3) is 12.7. The van der Waals surface area contributed by atoms with Gasteiger partial charge in [-0.1, -0.05) is 0 Å². The Morgan fingerprint density at radius 1 is 1.44 bits per heavy atom. The molecule has 3 radical (unpaired) electrons. The molecular weight excluding hydrogens is 329 g/mol. The molecule has 2 N–H and O–H groups in total. The molecule has 0 bridgehead atoms. The van der Waals surface area contributed by atoms with E-state index in [9.17, 15) is 0 Å². The predicted molar refractivity (Wildman–Crippen MR) is 43.3 cm³/mol. The molecule has 0 amide bonds. The average Bonchev–Trinajstić information content (AvgIpc) is 1.81. The molecule has 0 saturated heterocycles. The summed E-state index contributed by atoms with van der Waals surface area (Å²) in [5.74, 6) is 0. The molecule has 2 nitrogen and oxygen atoms in total. The van der Waals surface area contributed by atoms with Crippen molar-refractivity contribution in [3.05, 3.63) is 0 Å². The Hall–Kier alpha value is 1.52. The van der Waals surface area contributed by atoms with Gasteiger partial charge in [0.05, 0.1) is 0 Å². The van der Waals surface area contributed by atoms with Gasteiger partial charge in [-0.2, -0.15) is 0 Å². The fraction of sp³-hybridized carbons (Fsp3) is 1.00. The molecule has 0 aromatic rings. The van der Waals surface area contributed by atoms with E-state index in [1.54, 1.807) is 0 Å². The van der Waals surface area contributed by atoms with E-state index >= 15 is 0 Å². The molecule has 55 valence electrons. The molecule has 0 saturated carbocycles. The number of hydrogen-bond acceptors (Lipinski definition) is 1. The molecule has 0 rings (SSSR count). The van der Waals surface area contributed by atoms with Crippen LogP contribution in [0.25, 0.3) is 0 Å². The van der Waals surface area contributed by atoms with Gasteiger partial charge in [0.1, 0.15) is 0 Å². The van der Waals surface area contributed by atoms with Crippen molar-refractivity contribution in [2.75, 3.05) is 0 Å². The Labute approximate surface area is 81.4 Å². The molecule has 0 aliphatic heterocycles. The molecule has 0 unspecified atom stereocenters. The van der Waals surface area contributed by atoms with Crippen LogP contribution in [0.3, 0.4) is 0 Å². The first kappa shape index (κ1) is 13.1. The van der Waals surface area contributed by atoms with Crippen molar-refractivity contribution < 1.29 is 6.89 Å². The van der Waals surface area contributed by atoms with Crippen molar-refractivity contribution in [2.45, 2.75) is 30.6 Å². The number of rotatable bonds is 5. The second-order valence-corrected chi connectivity index (χ2v) is 10.4. The third-order valence-corrected chi connectivity index (χ3v) is 7.09. The standard InChI is InChI=1S/C5H11.H2O.O.2Sn.2H/c1-3-5-4-2;;;;;;/h1,3-5H2,2H3;1H2;;;;;. The van der Waals surface area contributed by atoms with Gasteiger partial charge < -0.3 is 5.48 Å². The maximum Gasteiger partial charge on any atom is -0.412 e. The van der Waals surface area contributed by atoms with Crippen molar-refractivity contribution >= 4 is 44.5 Å². The van der Waals surface area contributed by atoms with Gasteiger partial charge in [0, 0.05) is 0 Å². The van der Waals surface area contributed by atoms with Crippen LogP contribution in [0.2, 0.25) is 4.44 Å². The first-order valence-electron chi connectivity index (χ1n) is 3.09. The summed E-state index contributed by atoms with van der Waals surface area (Å²) in [6, 6.07) is 0. The minimum Gasteiger partial charge on any atom is -0.412 e. The van der Waals surface area contributed by atoms with E-state index in [-0.39, 0.29) is 5.48 Å². The van der Waals surface area contributed by atoms with Crippen LogP contribution in [0.15, 0.2) is 0 Å². The van der Waals surface area contributed by atoms with E-state index in [1.165, 1.54) is 23.7 Å². The van der Waals surface area contributed by atoms with Crippen LogP contribution in [0.1, 0.15) is 26.2 Å². The van der Waals surface area contributed by atoms with Gasteiger partial charge in [0.2, 0.25) is 0 Å². The van der Waals surface area contributed by atoms with Crippen molar-refractivity contribution in [1.29, 1.82) is 0 Å². The molecule has 0 spiro atoms. The number of unbranched alkanes of at least 4 members (excludes halogenated alkanes) is 2. The molecule has 0 aliphatic rings. The summed E-state index contributed by atoms with van der Waals surface area (Å²) in [5, 5.41) is 0. The van der Waals surface area contributed by atoms with Crippen molar-refractivity contribution in [1.82, 2.24) is 0 Å². The second-order valence-electron chi connectivity index (χ2n) is 1.80. The summed E-state index contributed by atoms with van der Waals surface area (Å²) >= 11 is 0.627. The topological polar surface area (TPSA) is 40.7 Å². The molecule has 0 aromatic carbocycles. The maximum atomic E-state index is 5.21. The smallest absolute Gasteiger partial charge is 0.412 e. The first-order chi connectivity index (χ1) is 3.91. The molecule has 0 atom stereocenters. The van der Waals surface area contributed by atoms with E-state index in [2.05, 4.69) is 6.92 Å². The Kier molecular flexibility index (Phi) is 17.8. The minimum absolute atomic E-state index is 0. The van der Waals surface area contributed by atoms with Crippen LogP contribution in [-0.2, 0) is 1.41 Å². The van der Waals surface area contributed by atoms with Gasteiger partial charge in [0.25, 0.3) is 0 Å². The van der Waals surface area contributed by atoms with Crippen molar-refractivity contribution in [3.8, 4) is 0 Å². The van der Waals surface area contributed by atoms with Crippen LogP contribution in [0.5, 0.6) is 0 Å². The Morgan fingerprint density at radius 3 is 2.56 bits per heavy atom. The first-order valence-corrected chi connectivity index (χ1v) is 8.11. The zero-order valence-electron chi connectivity index (χ0n) is 5.89. The second kappa shape index (κ2) is 12.2.